The van der Waals surface area contributed by atoms with Gasteiger partial charge in [0.05, 0.1) is 17.2 Å². The van der Waals surface area contributed by atoms with Crippen molar-refractivity contribution in [1.29, 1.82) is 0 Å². The van der Waals surface area contributed by atoms with Crippen LogP contribution in [0.1, 0.15) is 49.5 Å². The summed E-state index contributed by atoms with van der Waals surface area (Å²) in [5.74, 6) is -0.654. The van der Waals surface area contributed by atoms with Crippen LogP contribution in [0.4, 0.5) is 8.78 Å². The molecule has 0 bridgehead atoms. The first kappa shape index (κ1) is 25.7. The van der Waals surface area contributed by atoms with Gasteiger partial charge in [-0.05, 0) is 55.5 Å². The number of ether oxygens (including phenoxy) is 2. The average molecular weight is 495 g/mol. The number of nitrogens with one attached hydrogen (secondary N) is 1. The van der Waals surface area contributed by atoms with Crippen molar-refractivity contribution in [3.63, 3.8) is 0 Å². The molecule has 0 heterocycles. The van der Waals surface area contributed by atoms with Gasteiger partial charge in [-0.15, -0.1) is 0 Å². The Morgan fingerprint density at radius 1 is 1.15 bits per heavy atom. The molecule has 0 unspecified atom stereocenters. The van der Waals surface area contributed by atoms with Gasteiger partial charge in [-0.1, -0.05) is 43.6 Å². The Hall–Kier alpha value is -2.87. The number of carbonyl (C=O) groups excluding carboxylic acids is 2. The molecule has 0 aromatic heterocycles. The number of amides is 2. The zero-order valence-electron chi connectivity index (χ0n) is 19.4. The lowest BCUT2D eigenvalue weighted by atomic mass is 10.0. The molecule has 3 rings (SSSR count). The van der Waals surface area contributed by atoms with Crippen LogP contribution in [-0.2, 0) is 11.3 Å². The van der Waals surface area contributed by atoms with E-state index in [0.29, 0.717) is 16.1 Å². The maximum absolute atomic E-state index is 13.6. The summed E-state index contributed by atoms with van der Waals surface area (Å²) in [5, 5.41) is 3.15. The highest BCUT2D eigenvalue weighted by Crippen LogP contribution is 2.33. The van der Waals surface area contributed by atoms with Crippen LogP contribution in [0.3, 0.4) is 0 Å². The van der Waals surface area contributed by atoms with Gasteiger partial charge in [-0.25, -0.2) is 0 Å². The molecule has 1 aliphatic rings. The zero-order chi connectivity index (χ0) is 24.8. The van der Waals surface area contributed by atoms with E-state index in [-0.39, 0.29) is 42.5 Å². The van der Waals surface area contributed by atoms with Crippen molar-refractivity contribution in [2.45, 2.75) is 58.9 Å². The molecule has 1 saturated carbocycles. The van der Waals surface area contributed by atoms with E-state index in [0.717, 1.165) is 12.8 Å². The first-order valence-electron chi connectivity index (χ1n) is 11.3. The molecule has 0 saturated heterocycles. The van der Waals surface area contributed by atoms with E-state index in [2.05, 4.69) is 10.1 Å². The highest BCUT2D eigenvalue weighted by Gasteiger charge is 2.37. The van der Waals surface area contributed by atoms with E-state index in [1.54, 1.807) is 48.2 Å². The zero-order valence-corrected chi connectivity index (χ0v) is 20.1. The summed E-state index contributed by atoms with van der Waals surface area (Å²) in [6.07, 6.45) is 1.72. The van der Waals surface area contributed by atoms with E-state index in [9.17, 15) is 18.4 Å². The van der Waals surface area contributed by atoms with E-state index in [4.69, 9.17) is 16.3 Å². The Morgan fingerprint density at radius 2 is 1.85 bits per heavy atom. The predicted octanol–water partition coefficient (Wildman–Crippen LogP) is 5.29. The number of hydrogen-bond acceptors (Lipinski definition) is 4. The van der Waals surface area contributed by atoms with Gasteiger partial charge in [0.2, 0.25) is 5.91 Å². The molecule has 2 aromatic carbocycles. The third-order valence-corrected chi connectivity index (χ3v) is 5.82. The van der Waals surface area contributed by atoms with E-state index in [1.807, 2.05) is 13.8 Å². The summed E-state index contributed by atoms with van der Waals surface area (Å²) < 4.78 is 35.4. The smallest absolute Gasteiger partial charge is 0.387 e. The van der Waals surface area contributed by atoms with E-state index < -0.39 is 18.6 Å². The minimum absolute atomic E-state index is 0.0542. The van der Waals surface area contributed by atoms with Crippen molar-refractivity contribution < 1.29 is 27.8 Å². The summed E-state index contributed by atoms with van der Waals surface area (Å²) in [4.78, 5) is 28.1. The molecule has 1 N–H and O–H groups in total. The van der Waals surface area contributed by atoms with Crippen LogP contribution >= 0.6 is 11.6 Å². The quantitative estimate of drug-likeness (QED) is 0.461. The average Bonchev–Trinajstić information content (AvgIpc) is 3.62. The molecule has 2 amide bonds. The Labute approximate surface area is 203 Å². The van der Waals surface area contributed by atoms with E-state index >= 15 is 0 Å². The number of halogens is 3. The molecule has 9 heteroatoms. The van der Waals surface area contributed by atoms with E-state index in [1.165, 1.54) is 6.07 Å². The van der Waals surface area contributed by atoms with Gasteiger partial charge in [-0.3, -0.25) is 9.59 Å². The summed E-state index contributed by atoms with van der Waals surface area (Å²) in [5.41, 5.74) is 1.02. The third-order valence-electron chi connectivity index (χ3n) is 5.49. The minimum Gasteiger partial charge on any atom is -0.490 e. The molecule has 34 heavy (non-hydrogen) atoms. The fraction of sp³-hybridized carbons (Fsp3) is 0.440. The lowest BCUT2D eigenvalue weighted by molar-refractivity contribution is -0.135. The Morgan fingerprint density at radius 3 is 2.44 bits per heavy atom. The van der Waals surface area contributed by atoms with Crippen molar-refractivity contribution in [3.8, 4) is 11.5 Å². The van der Waals surface area contributed by atoms with Gasteiger partial charge < -0.3 is 19.7 Å². The van der Waals surface area contributed by atoms with Crippen molar-refractivity contribution >= 4 is 23.4 Å². The van der Waals surface area contributed by atoms with Gasteiger partial charge >= 0.3 is 6.61 Å². The summed E-state index contributed by atoms with van der Waals surface area (Å²) in [6.45, 7) is 3.03. The van der Waals surface area contributed by atoms with Crippen LogP contribution in [0.25, 0.3) is 0 Å². The fourth-order valence-corrected chi connectivity index (χ4v) is 3.86. The lowest BCUT2D eigenvalue weighted by Gasteiger charge is -2.30. The standard InChI is InChI=1S/C25H29ClF2N2O4/c1-4-33-21-13-16(9-12-20(21)34-25(27)28)14-30(17-10-11-17)24(32)22(15(2)3)29-23(31)18-7-5-6-8-19(18)26/h5-9,12-13,15,17,22,25H,4,10-11,14H2,1-3H3,(H,29,31)/t22-/m0/s1. The second-order valence-electron chi connectivity index (χ2n) is 8.46. The van der Waals surface area contributed by atoms with Crippen LogP contribution < -0.4 is 14.8 Å². The normalized spacial score (nSPS) is 14.1. The topological polar surface area (TPSA) is 67.9 Å². The molecule has 0 spiro atoms. The van der Waals surface area contributed by atoms with Crippen molar-refractivity contribution in [2.75, 3.05) is 6.61 Å². The maximum atomic E-state index is 13.6. The minimum atomic E-state index is -2.97. The lowest BCUT2D eigenvalue weighted by Crippen LogP contribution is -2.51. The molecular weight excluding hydrogens is 466 g/mol. The molecule has 6 nitrogen and oxygen atoms in total. The molecule has 184 valence electrons. The first-order valence-corrected chi connectivity index (χ1v) is 11.7. The van der Waals surface area contributed by atoms with Crippen LogP contribution in [0, 0.1) is 5.92 Å². The molecule has 2 aromatic rings. The monoisotopic (exact) mass is 494 g/mol. The highest BCUT2D eigenvalue weighted by atomic mass is 35.5. The molecule has 0 radical (unpaired) electrons. The third kappa shape index (κ3) is 6.59. The van der Waals surface area contributed by atoms with Crippen molar-refractivity contribution in [3.05, 3.63) is 58.6 Å². The van der Waals surface area contributed by atoms with Gasteiger partial charge in [0.1, 0.15) is 6.04 Å². The summed E-state index contributed by atoms with van der Waals surface area (Å²) in [6, 6.07) is 10.6. The highest BCUT2D eigenvalue weighted by molar-refractivity contribution is 6.33. The molecule has 0 aliphatic heterocycles. The van der Waals surface area contributed by atoms with Crippen LogP contribution in [0.5, 0.6) is 11.5 Å². The van der Waals surface area contributed by atoms with Gasteiger partial charge in [0, 0.05) is 12.6 Å². The summed E-state index contributed by atoms with van der Waals surface area (Å²) in [7, 11) is 0. The predicted molar refractivity (Wildman–Crippen MR) is 125 cm³/mol. The van der Waals surface area contributed by atoms with Crippen molar-refractivity contribution in [1.82, 2.24) is 10.2 Å². The second kappa shape index (κ2) is 11.5. The number of alkyl halides is 2. The fourth-order valence-electron chi connectivity index (χ4n) is 3.64. The Bertz CT molecular complexity index is 1010. The second-order valence-corrected chi connectivity index (χ2v) is 8.87. The molecule has 1 fully saturated rings. The number of hydrogen-bond donors (Lipinski definition) is 1. The van der Waals surface area contributed by atoms with Crippen molar-refractivity contribution in [2.24, 2.45) is 5.92 Å². The van der Waals surface area contributed by atoms with Gasteiger partial charge in [0.15, 0.2) is 11.5 Å². The maximum Gasteiger partial charge on any atom is 0.387 e. The molecular formula is C25H29ClF2N2O4. The number of benzene rings is 2. The first-order chi connectivity index (χ1) is 16.2. The largest absolute Gasteiger partial charge is 0.490 e. The molecule has 1 atom stereocenters. The number of rotatable bonds is 11. The van der Waals surface area contributed by atoms with Crippen LogP contribution in [0.15, 0.2) is 42.5 Å². The number of carbonyl (C=O) groups is 2. The number of nitrogens with zero attached hydrogens (tertiary/aromatic N) is 1. The Balaban J connectivity index is 1.80. The Kier molecular flexibility index (Phi) is 8.72. The SMILES string of the molecule is CCOc1cc(CN(C(=O)[C@@H](NC(=O)c2ccccc2Cl)C(C)C)C2CC2)ccc1OC(F)F. The van der Waals surface area contributed by atoms with Crippen LogP contribution in [0.2, 0.25) is 5.02 Å². The molecule has 1 aliphatic carbocycles. The van der Waals surface area contributed by atoms with Gasteiger partial charge in [0.25, 0.3) is 5.91 Å². The van der Waals surface area contributed by atoms with Gasteiger partial charge in [-0.2, -0.15) is 8.78 Å². The van der Waals surface area contributed by atoms with Crippen LogP contribution in [-0.4, -0.2) is 42.0 Å². The summed E-state index contributed by atoms with van der Waals surface area (Å²) >= 11 is 6.15.